The zero-order valence-corrected chi connectivity index (χ0v) is 5.37. The van der Waals surface area contributed by atoms with Gasteiger partial charge < -0.3 is 4.74 Å². The van der Waals surface area contributed by atoms with Crippen molar-refractivity contribution in [2.45, 2.75) is 6.92 Å². The first-order valence-electron chi connectivity index (χ1n) is 2.96. The van der Waals surface area contributed by atoms with Gasteiger partial charge in [0.15, 0.2) is 0 Å². The highest BCUT2D eigenvalue weighted by Crippen LogP contribution is 2.04. The normalized spacial score (nSPS) is 9.00. The fourth-order valence-corrected chi connectivity index (χ4v) is 0.599. The highest BCUT2D eigenvalue weighted by Gasteiger charge is 1.84. The Balaban J connectivity index is 2.61. The third-order valence-electron chi connectivity index (χ3n) is 0.945. The SMILES string of the molecule is CCOc1cccnc1. The Labute approximate surface area is 54.5 Å². The molecule has 0 aromatic carbocycles. The van der Waals surface area contributed by atoms with Crippen LogP contribution in [0, 0.1) is 0 Å². The fraction of sp³-hybridized carbons (Fsp3) is 0.286. The molecule has 0 aliphatic heterocycles. The second-order valence-electron chi connectivity index (χ2n) is 1.62. The van der Waals surface area contributed by atoms with Crippen LogP contribution in [0.25, 0.3) is 0 Å². The van der Waals surface area contributed by atoms with Gasteiger partial charge in [-0.25, -0.2) is 0 Å². The van der Waals surface area contributed by atoms with Crippen LogP contribution in [0.5, 0.6) is 5.75 Å². The predicted molar refractivity (Wildman–Crippen MR) is 35.4 cm³/mol. The molecule has 0 radical (unpaired) electrons. The van der Waals surface area contributed by atoms with Crippen molar-refractivity contribution in [2.24, 2.45) is 0 Å². The smallest absolute Gasteiger partial charge is 0.137 e. The third kappa shape index (κ3) is 1.72. The van der Waals surface area contributed by atoms with Crippen molar-refractivity contribution in [1.29, 1.82) is 0 Å². The molecule has 0 saturated carbocycles. The van der Waals surface area contributed by atoms with E-state index in [-0.39, 0.29) is 0 Å². The van der Waals surface area contributed by atoms with Crippen LogP contribution in [0.1, 0.15) is 6.92 Å². The summed E-state index contributed by atoms with van der Waals surface area (Å²) in [6, 6.07) is 3.74. The van der Waals surface area contributed by atoms with Gasteiger partial charge in [0, 0.05) is 6.20 Å². The minimum Gasteiger partial charge on any atom is -0.492 e. The minimum absolute atomic E-state index is 0.700. The molecule has 2 heteroatoms. The average Bonchev–Trinajstić information content (AvgIpc) is 1.91. The average molecular weight is 123 g/mol. The van der Waals surface area contributed by atoms with E-state index < -0.39 is 0 Å². The molecule has 0 amide bonds. The van der Waals surface area contributed by atoms with E-state index in [2.05, 4.69) is 4.98 Å². The van der Waals surface area contributed by atoms with Crippen LogP contribution in [0.4, 0.5) is 0 Å². The van der Waals surface area contributed by atoms with Gasteiger partial charge in [0.1, 0.15) is 5.75 Å². The van der Waals surface area contributed by atoms with Gasteiger partial charge in [0.25, 0.3) is 0 Å². The van der Waals surface area contributed by atoms with E-state index in [1.807, 2.05) is 19.1 Å². The molecule has 1 heterocycles. The molecule has 1 aromatic heterocycles. The summed E-state index contributed by atoms with van der Waals surface area (Å²) in [5.41, 5.74) is 0. The molecule has 0 atom stereocenters. The number of hydrogen-bond acceptors (Lipinski definition) is 2. The molecule has 0 spiro atoms. The second-order valence-corrected chi connectivity index (χ2v) is 1.62. The number of hydrogen-bond donors (Lipinski definition) is 0. The number of rotatable bonds is 2. The lowest BCUT2D eigenvalue weighted by Crippen LogP contribution is -1.90. The Morgan fingerprint density at radius 1 is 1.67 bits per heavy atom. The maximum Gasteiger partial charge on any atom is 0.137 e. The van der Waals surface area contributed by atoms with Gasteiger partial charge in [-0.1, -0.05) is 0 Å². The number of ether oxygens (including phenoxy) is 1. The number of pyridine rings is 1. The van der Waals surface area contributed by atoms with Crippen molar-refractivity contribution in [3.63, 3.8) is 0 Å². The summed E-state index contributed by atoms with van der Waals surface area (Å²) in [5.74, 6) is 0.833. The van der Waals surface area contributed by atoms with Crippen LogP contribution in [0.2, 0.25) is 0 Å². The molecule has 1 rings (SSSR count). The molecule has 0 aliphatic carbocycles. The van der Waals surface area contributed by atoms with E-state index in [0.29, 0.717) is 6.61 Å². The van der Waals surface area contributed by atoms with Crippen LogP contribution >= 0.6 is 0 Å². The van der Waals surface area contributed by atoms with Gasteiger partial charge in [-0.05, 0) is 19.1 Å². The first kappa shape index (κ1) is 6.08. The Bertz CT molecular complexity index is 162. The Morgan fingerprint density at radius 3 is 3.11 bits per heavy atom. The van der Waals surface area contributed by atoms with Crippen LogP contribution < -0.4 is 4.74 Å². The van der Waals surface area contributed by atoms with Gasteiger partial charge in [-0.15, -0.1) is 0 Å². The van der Waals surface area contributed by atoms with Crippen LogP contribution in [0.15, 0.2) is 24.5 Å². The highest BCUT2D eigenvalue weighted by atomic mass is 16.5. The van der Waals surface area contributed by atoms with E-state index in [9.17, 15) is 0 Å². The summed E-state index contributed by atoms with van der Waals surface area (Å²) in [4.78, 5) is 3.88. The van der Waals surface area contributed by atoms with Crippen molar-refractivity contribution in [1.82, 2.24) is 4.98 Å². The lowest BCUT2D eigenvalue weighted by atomic mass is 10.5. The summed E-state index contributed by atoms with van der Waals surface area (Å²) in [6.45, 7) is 2.65. The molecule has 48 valence electrons. The number of aromatic nitrogens is 1. The Kier molecular flexibility index (Phi) is 2.07. The summed E-state index contributed by atoms with van der Waals surface area (Å²) < 4.78 is 5.14. The molecular formula is C7H9NO. The zero-order chi connectivity index (χ0) is 6.53. The Morgan fingerprint density at radius 2 is 2.56 bits per heavy atom. The summed E-state index contributed by atoms with van der Waals surface area (Å²) in [5, 5.41) is 0. The molecule has 2 nitrogen and oxygen atoms in total. The van der Waals surface area contributed by atoms with Crippen molar-refractivity contribution in [3.8, 4) is 5.75 Å². The molecule has 9 heavy (non-hydrogen) atoms. The van der Waals surface area contributed by atoms with Gasteiger partial charge in [0.05, 0.1) is 12.8 Å². The monoisotopic (exact) mass is 123 g/mol. The number of nitrogens with zero attached hydrogens (tertiary/aromatic N) is 1. The maximum absolute atomic E-state index is 5.14. The molecule has 0 unspecified atom stereocenters. The quantitative estimate of drug-likeness (QED) is 0.594. The topological polar surface area (TPSA) is 22.1 Å². The molecule has 0 bridgehead atoms. The maximum atomic E-state index is 5.14. The largest absolute Gasteiger partial charge is 0.492 e. The first-order chi connectivity index (χ1) is 4.43. The molecule has 0 aliphatic rings. The van der Waals surface area contributed by atoms with Gasteiger partial charge in [-0.3, -0.25) is 4.98 Å². The van der Waals surface area contributed by atoms with Gasteiger partial charge in [0.2, 0.25) is 0 Å². The lowest BCUT2D eigenvalue weighted by molar-refractivity contribution is 0.339. The third-order valence-corrected chi connectivity index (χ3v) is 0.945. The molecule has 0 fully saturated rings. The van der Waals surface area contributed by atoms with E-state index >= 15 is 0 Å². The molecule has 0 saturated heterocycles. The molecule has 0 N–H and O–H groups in total. The van der Waals surface area contributed by atoms with Gasteiger partial charge >= 0.3 is 0 Å². The second kappa shape index (κ2) is 3.07. The van der Waals surface area contributed by atoms with Crippen molar-refractivity contribution < 1.29 is 4.74 Å². The van der Waals surface area contributed by atoms with Crippen molar-refractivity contribution >= 4 is 0 Å². The zero-order valence-electron chi connectivity index (χ0n) is 5.37. The van der Waals surface area contributed by atoms with E-state index in [1.165, 1.54) is 0 Å². The summed E-state index contributed by atoms with van der Waals surface area (Å²) in [6.07, 6.45) is 3.42. The minimum atomic E-state index is 0.700. The standard InChI is InChI=1S/C7H9NO/c1-2-9-7-4-3-5-8-6-7/h3-6H,2H2,1H3. The lowest BCUT2D eigenvalue weighted by Gasteiger charge is -1.98. The van der Waals surface area contributed by atoms with Crippen LogP contribution in [-0.2, 0) is 0 Å². The molecule has 1 aromatic rings. The van der Waals surface area contributed by atoms with Crippen molar-refractivity contribution in [3.05, 3.63) is 24.5 Å². The summed E-state index contributed by atoms with van der Waals surface area (Å²) >= 11 is 0. The van der Waals surface area contributed by atoms with Crippen LogP contribution in [0.3, 0.4) is 0 Å². The fourth-order valence-electron chi connectivity index (χ4n) is 0.599. The van der Waals surface area contributed by atoms with Gasteiger partial charge in [-0.2, -0.15) is 0 Å². The van der Waals surface area contributed by atoms with E-state index in [1.54, 1.807) is 12.4 Å². The Hall–Kier alpha value is -1.05. The van der Waals surface area contributed by atoms with Crippen molar-refractivity contribution in [2.75, 3.05) is 6.61 Å². The first-order valence-corrected chi connectivity index (χ1v) is 2.96. The van der Waals surface area contributed by atoms with E-state index in [0.717, 1.165) is 5.75 Å². The highest BCUT2D eigenvalue weighted by molar-refractivity contribution is 5.14. The van der Waals surface area contributed by atoms with E-state index in [4.69, 9.17) is 4.74 Å². The van der Waals surface area contributed by atoms with Crippen LogP contribution in [-0.4, -0.2) is 11.6 Å². The molecular weight excluding hydrogens is 114 g/mol. The predicted octanol–water partition coefficient (Wildman–Crippen LogP) is 1.48. The summed E-state index contributed by atoms with van der Waals surface area (Å²) in [7, 11) is 0.